The average molecular weight is 303 g/mol. The molecule has 0 amide bonds. The van der Waals surface area contributed by atoms with Crippen LogP contribution < -0.4 is 5.32 Å². The Hall–Kier alpha value is -1.14. The van der Waals surface area contributed by atoms with E-state index in [0.29, 0.717) is 5.82 Å². The fourth-order valence-electron chi connectivity index (χ4n) is 1.23. The van der Waals surface area contributed by atoms with Crippen molar-refractivity contribution in [3.8, 4) is 0 Å². The third-order valence-corrected chi connectivity index (χ3v) is 2.85. The molecule has 0 bridgehead atoms. The van der Waals surface area contributed by atoms with Gasteiger partial charge in [0, 0.05) is 18.0 Å². The molecule has 0 saturated carbocycles. The van der Waals surface area contributed by atoms with E-state index in [9.17, 15) is 0 Å². The zero-order valence-corrected chi connectivity index (χ0v) is 10.7. The number of hydrogen-bond acceptors (Lipinski definition) is 4. The zero-order valence-electron chi connectivity index (χ0n) is 8.41. The highest BCUT2D eigenvalue weighted by Crippen LogP contribution is 2.24. The van der Waals surface area contributed by atoms with E-state index in [0.717, 1.165) is 10.0 Å². The lowest BCUT2D eigenvalue weighted by molar-refractivity contribution is 0.871. The molecule has 0 spiro atoms. The van der Waals surface area contributed by atoms with Gasteiger partial charge in [0.05, 0.1) is 16.7 Å². The normalized spacial score (nSPS) is 12.4. The minimum Gasteiger partial charge on any atom is -0.362 e. The molecule has 2 aromatic rings. The van der Waals surface area contributed by atoms with Gasteiger partial charge in [-0.2, -0.15) is 10.1 Å². The molecule has 2 heterocycles. The fraction of sp³-hybridized carbons (Fsp3) is 0.222. The van der Waals surface area contributed by atoms with Crippen molar-refractivity contribution in [3.05, 3.63) is 33.9 Å². The average Bonchev–Trinajstić information content (AvgIpc) is 2.76. The van der Waals surface area contributed by atoms with E-state index in [2.05, 4.69) is 41.4 Å². The van der Waals surface area contributed by atoms with Crippen molar-refractivity contribution in [3.63, 3.8) is 0 Å². The van der Waals surface area contributed by atoms with Crippen molar-refractivity contribution in [2.24, 2.45) is 0 Å². The van der Waals surface area contributed by atoms with Crippen LogP contribution in [0.5, 0.6) is 0 Å². The van der Waals surface area contributed by atoms with Gasteiger partial charge in [0.1, 0.15) is 5.82 Å². The first kappa shape index (κ1) is 11.3. The number of nitrogens with zero attached hydrogens (tertiary/aromatic N) is 3. The van der Waals surface area contributed by atoms with Crippen molar-refractivity contribution in [2.45, 2.75) is 13.0 Å². The molecule has 1 unspecified atom stereocenters. The van der Waals surface area contributed by atoms with Crippen LogP contribution in [0.15, 0.2) is 23.1 Å². The van der Waals surface area contributed by atoms with Gasteiger partial charge in [-0.3, -0.25) is 5.10 Å². The van der Waals surface area contributed by atoms with Crippen molar-refractivity contribution < 1.29 is 0 Å². The summed E-state index contributed by atoms with van der Waals surface area (Å²) < 4.78 is 0.771. The minimum atomic E-state index is 0.0843. The molecular formula is C9H9BrClN5. The Labute approximate surface area is 106 Å². The van der Waals surface area contributed by atoms with Crippen LogP contribution in [0.2, 0.25) is 5.28 Å². The molecule has 0 saturated heterocycles. The van der Waals surface area contributed by atoms with Gasteiger partial charge in [-0.05, 0) is 34.5 Å². The van der Waals surface area contributed by atoms with Crippen LogP contribution in [0.1, 0.15) is 18.5 Å². The Morgan fingerprint density at radius 2 is 2.31 bits per heavy atom. The van der Waals surface area contributed by atoms with Gasteiger partial charge >= 0.3 is 0 Å². The van der Waals surface area contributed by atoms with Gasteiger partial charge in [0.2, 0.25) is 5.28 Å². The summed E-state index contributed by atoms with van der Waals surface area (Å²) in [5, 5.41) is 10.1. The van der Waals surface area contributed by atoms with E-state index in [-0.39, 0.29) is 11.3 Å². The van der Waals surface area contributed by atoms with Gasteiger partial charge in [-0.25, -0.2) is 4.98 Å². The van der Waals surface area contributed by atoms with Crippen LogP contribution >= 0.6 is 27.5 Å². The molecule has 84 valence electrons. The number of anilines is 1. The van der Waals surface area contributed by atoms with Gasteiger partial charge in [0.15, 0.2) is 0 Å². The standard InChI is InChI=1S/C9H9BrClN5/c1-5(6-2-13-14-3-6)15-8-7(10)4-12-9(11)16-8/h2-5H,1H3,(H,13,14)(H,12,15,16). The van der Waals surface area contributed by atoms with Crippen LogP contribution in [0.4, 0.5) is 5.82 Å². The number of halogens is 2. The summed E-state index contributed by atoms with van der Waals surface area (Å²) in [4.78, 5) is 7.95. The Bertz CT molecular complexity index is 473. The predicted octanol–water partition coefficient (Wildman–Crippen LogP) is 2.79. The fourth-order valence-corrected chi connectivity index (χ4v) is 1.67. The first-order valence-corrected chi connectivity index (χ1v) is 5.77. The van der Waals surface area contributed by atoms with E-state index < -0.39 is 0 Å². The molecular weight excluding hydrogens is 293 g/mol. The zero-order chi connectivity index (χ0) is 11.5. The van der Waals surface area contributed by atoms with Crippen LogP contribution in [-0.2, 0) is 0 Å². The summed E-state index contributed by atoms with van der Waals surface area (Å²) in [7, 11) is 0. The summed E-state index contributed by atoms with van der Waals surface area (Å²) in [5.41, 5.74) is 1.04. The van der Waals surface area contributed by atoms with Crippen LogP contribution in [0, 0.1) is 0 Å². The number of H-pyrrole nitrogens is 1. The molecule has 0 aliphatic rings. The second-order valence-corrected chi connectivity index (χ2v) is 4.43. The van der Waals surface area contributed by atoms with Gasteiger partial charge in [0.25, 0.3) is 0 Å². The van der Waals surface area contributed by atoms with Crippen LogP contribution in [-0.4, -0.2) is 20.2 Å². The Kier molecular flexibility index (Phi) is 3.40. The van der Waals surface area contributed by atoms with E-state index in [1.165, 1.54) is 0 Å². The van der Waals surface area contributed by atoms with E-state index in [1.54, 1.807) is 12.4 Å². The Morgan fingerprint density at radius 3 is 3.00 bits per heavy atom. The number of aromatic nitrogens is 4. The monoisotopic (exact) mass is 301 g/mol. The summed E-state index contributed by atoms with van der Waals surface area (Å²) in [6.45, 7) is 2.01. The van der Waals surface area contributed by atoms with E-state index in [1.807, 2.05) is 13.1 Å². The summed E-state index contributed by atoms with van der Waals surface area (Å²) in [5.74, 6) is 0.661. The summed E-state index contributed by atoms with van der Waals surface area (Å²) >= 11 is 9.08. The maximum Gasteiger partial charge on any atom is 0.224 e. The number of hydrogen-bond donors (Lipinski definition) is 2. The summed E-state index contributed by atoms with van der Waals surface area (Å²) in [6, 6.07) is 0.0843. The van der Waals surface area contributed by atoms with Crippen molar-refractivity contribution in [2.75, 3.05) is 5.32 Å². The molecule has 5 nitrogen and oxygen atoms in total. The molecule has 2 N–H and O–H groups in total. The van der Waals surface area contributed by atoms with Crippen molar-refractivity contribution >= 4 is 33.3 Å². The number of nitrogens with one attached hydrogen (secondary N) is 2. The lowest BCUT2D eigenvalue weighted by atomic mass is 10.2. The van der Waals surface area contributed by atoms with Crippen molar-refractivity contribution in [1.29, 1.82) is 0 Å². The molecule has 0 aliphatic heterocycles. The lowest BCUT2D eigenvalue weighted by Gasteiger charge is -2.13. The minimum absolute atomic E-state index is 0.0843. The topological polar surface area (TPSA) is 66.5 Å². The highest BCUT2D eigenvalue weighted by atomic mass is 79.9. The first-order chi connectivity index (χ1) is 7.66. The molecule has 2 rings (SSSR count). The third-order valence-electron chi connectivity index (χ3n) is 2.09. The second kappa shape index (κ2) is 4.80. The molecule has 0 aliphatic carbocycles. The highest BCUT2D eigenvalue weighted by molar-refractivity contribution is 9.10. The second-order valence-electron chi connectivity index (χ2n) is 3.23. The van der Waals surface area contributed by atoms with Gasteiger partial charge < -0.3 is 5.32 Å². The van der Waals surface area contributed by atoms with Crippen molar-refractivity contribution in [1.82, 2.24) is 20.2 Å². The Balaban J connectivity index is 2.17. The molecule has 16 heavy (non-hydrogen) atoms. The van der Waals surface area contributed by atoms with Gasteiger partial charge in [-0.1, -0.05) is 0 Å². The maximum atomic E-state index is 5.72. The molecule has 0 radical (unpaired) electrons. The molecule has 1 atom stereocenters. The van der Waals surface area contributed by atoms with E-state index in [4.69, 9.17) is 11.6 Å². The number of rotatable bonds is 3. The number of aromatic amines is 1. The highest BCUT2D eigenvalue weighted by Gasteiger charge is 2.10. The summed E-state index contributed by atoms with van der Waals surface area (Å²) in [6.07, 6.45) is 5.20. The smallest absolute Gasteiger partial charge is 0.224 e. The van der Waals surface area contributed by atoms with E-state index >= 15 is 0 Å². The largest absolute Gasteiger partial charge is 0.362 e. The van der Waals surface area contributed by atoms with Gasteiger partial charge in [-0.15, -0.1) is 0 Å². The van der Waals surface area contributed by atoms with Crippen LogP contribution in [0.3, 0.4) is 0 Å². The molecule has 0 fully saturated rings. The molecule has 2 aromatic heterocycles. The predicted molar refractivity (Wildman–Crippen MR) is 65.4 cm³/mol. The lowest BCUT2D eigenvalue weighted by Crippen LogP contribution is -2.08. The first-order valence-electron chi connectivity index (χ1n) is 4.60. The molecule has 0 aromatic carbocycles. The maximum absolute atomic E-state index is 5.72. The quantitative estimate of drug-likeness (QED) is 0.856. The molecule has 7 heteroatoms. The Morgan fingerprint density at radius 1 is 1.50 bits per heavy atom. The third kappa shape index (κ3) is 2.51. The SMILES string of the molecule is CC(Nc1nc(Cl)ncc1Br)c1cn[nH]c1. The van der Waals surface area contributed by atoms with Crippen LogP contribution in [0.25, 0.3) is 0 Å².